The van der Waals surface area contributed by atoms with Crippen molar-refractivity contribution in [2.45, 2.75) is 32.7 Å². The monoisotopic (exact) mass is 293 g/mol. The van der Waals surface area contributed by atoms with E-state index in [-0.39, 0.29) is 12.0 Å². The first kappa shape index (κ1) is 15.4. The minimum atomic E-state index is -1.44. The summed E-state index contributed by atoms with van der Waals surface area (Å²) in [6.07, 6.45) is 0. The second-order valence-electron chi connectivity index (χ2n) is 6.05. The average Bonchev–Trinajstić information content (AvgIpc) is 2.42. The summed E-state index contributed by atoms with van der Waals surface area (Å²) in [7, 11) is 0. The van der Waals surface area contributed by atoms with Gasteiger partial charge in [0, 0.05) is 12.2 Å². The zero-order valence-electron chi connectivity index (χ0n) is 12.3. The van der Waals surface area contributed by atoms with E-state index in [0.29, 0.717) is 5.56 Å². The van der Waals surface area contributed by atoms with Crippen molar-refractivity contribution < 1.29 is 13.2 Å². The third-order valence-electron chi connectivity index (χ3n) is 3.29. The molecule has 2 aromatic rings. The summed E-state index contributed by atoms with van der Waals surface area (Å²) < 4.78 is 39.1. The lowest BCUT2D eigenvalue weighted by molar-refractivity contribution is 0.445. The van der Waals surface area contributed by atoms with Crippen LogP contribution in [0, 0.1) is 17.5 Å². The van der Waals surface area contributed by atoms with Crippen molar-refractivity contribution >= 4 is 5.69 Å². The Bertz CT molecular complexity index is 604. The summed E-state index contributed by atoms with van der Waals surface area (Å²) in [4.78, 5) is 0. The highest BCUT2D eigenvalue weighted by atomic mass is 19.2. The maximum absolute atomic E-state index is 13.1. The van der Waals surface area contributed by atoms with Crippen LogP contribution in [0.25, 0.3) is 0 Å². The molecular formula is C17H18F3N. The van der Waals surface area contributed by atoms with Crippen LogP contribution in [-0.4, -0.2) is 0 Å². The second-order valence-corrected chi connectivity index (χ2v) is 6.05. The van der Waals surface area contributed by atoms with Crippen molar-refractivity contribution in [1.82, 2.24) is 0 Å². The van der Waals surface area contributed by atoms with Gasteiger partial charge >= 0.3 is 0 Å². The molecule has 0 saturated heterocycles. The number of hydrogen-bond acceptors (Lipinski definition) is 1. The van der Waals surface area contributed by atoms with E-state index in [2.05, 4.69) is 26.1 Å². The molecule has 0 aliphatic rings. The van der Waals surface area contributed by atoms with Crippen LogP contribution in [0.2, 0.25) is 0 Å². The van der Waals surface area contributed by atoms with Gasteiger partial charge in [-0.25, -0.2) is 13.2 Å². The maximum atomic E-state index is 13.1. The number of anilines is 1. The third kappa shape index (κ3) is 3.78. The summed E-state index contributed by atoms with van der Waals surface area (Å²) in [5, 5.41) is 3.06. The minimum Gasteiger partial charge on any atom is -0.381 e. The van der Waals surface area contributed by atoms with Gasteiger partial charge in [0.05, 0.1) is 0 Å². The second kappa shape index (κ2) is 5.80. The van der Waals surface area contributed by atoms with Gasteiger partial charge in [-0.15, -0.1) is 0 Å². The first-order valence-electron chi connectivity index (χ1n) is 6.75. The molecule has 112 valence electrons. The quantitative estimate of drug-likeness (QED) is 0.784. The lowest BCUT2D eigenvalue weighted by Crippen LogP contribution is -2.10. The number of benzene rings is 2. The van der Waals surface area contributed by atoms with Gasteiger partial charge in [0.1, 0.15) is 0 Å². The molecule has 0 fully saturated rings. The van der Waals surface area contributed by atoms with Crippen molar-refractivity contribution in [3.05, 3.63) is 65.0 Å². The van der Waals surface area contributed by atoms with Crippen LogP contribution >= 0.6 is 0 Å². The van der Waals surface area contributed by atoms with Crippen molar-refractivity contribution in [1.29, 1.82) is 0 Å². The van der Waals surface area contributed by atoms with Gasteiger partial charge in [0.2, 0.25) is 0 Å². The van der Waals surface area contributed by atoms with Gasteiger partial charge in [-0.3, -0.25) is 0 Å². The highest BCUT2D eigenvalue weighted by molar-refractivity contribution is 5.46. The van der Waals surface area contributed by atoms with Gasteiger partial charge in [0.25, 0.3) is 0 Å². The van der Waals surface area contributed by atoms with Gasteiger partial charge < -0.3 is 5.32 Å². The largest absolute Gasteiger partial charge is 0.381 e. The lowest BCUT2D eigenvalue weighted by Gasteiger charge is -2.19. The molecule has 21 heavy (non-hydrogen) atoms. The number of nitrogens with one attached hydrogen (secondary N) is 1. The van der Waals surface area contributed by atoms with Gasteiger partial charge in [-0.05, 0) is 40.8 Å². The van der Waals surface area contributed by atoms with Crippen molar-refractivity contribution in [2.75, 3.05) is 5.32 Å². The summed E-state index contributed by atoms with van der Waals surface area (Å²) >= 11 is 0. The predicted molar refractivity (Wildman–Crippen MR) is 78.8 cm³/mol. The van der Waals surface area contributed by atoms with E-state index in [1.54, 1.807) is 0 Å². The Kier molecular flexibility index (Phi) is 4.26. The maximum Gasteiger partial charge on any atom is 0.194 e. The molecule has 2 rings (SSSR count). The van der Waals surface area contributed by atoms with E-state index in [4.69, 9.17) is 0 Å². The molecule has 1 N–H and O–H groups in total. The zero-order chi connectivity index (χ0) is 15.6. The topological polar surface area (TPSA) is 12.0 Å². The highest BCUT2D eigenvalue weighted by Crippen LogP contribution is 2.23. The fraction of sp³-hybridized carbons (Fsp3) is 0.294. The Hall–Kier alpha value is -1.97. The van der Waals surface area contributed by atoms with Crippen LogP contribution in [0.3, 0.4) is 0 Å². The van der Waals surface area contributed by atoms with E-state index >= 15 is 0 Å². The van der Waals surface area contributed by atoms with Gasteiger partial charge in [0.15, 0.2) is 17.5 Å². The summed E-state index contributed by atoms with van der Waals surface area (Å²) in [5.74, 6) is -3.78. The van der Waals surface area contributed by atoms with Crippen LogP contribution in [0.4, 0.5) is 18.9 Å². The molecule has 0 aliphatic heterocycles. The molecule has 2 aromatic carbocycles. The van der Waals surface area contributed by atoms with E-state index < -0.39 is 17.5 Å². The molecule has 0 bridgehead atoms. The van der Waals surface area contributed by atoms with Crippen LogP contribution in [0.5, 0.6) is 0 Å². The number of hydrogen-bond donors (Lipinski definition) is 1. The Morgan fingerprint density at radius 1 is 0.905 bits per heavy atom. The molecule has 0 radical (unpaired) electrons. The SMILES string of the molecule is CC(C)(C)c1ccc(NCc2cc(F)c(F)c(F)c2)cc1. The smallest absolute Gasteiger partial charge is 0.194 e. The van der Waals surface area contributed by atoms with E-state index in [9.17, 15) is 13.2 Å². The number of halogens is 3. The first-order valence-corrected chi connectivity index (χ1v) is 6.75. The first-order chi connectivity index (χ1) is 9.77. The molecule has 0 heterocycles. The lowest BCUT2D eigenvalue weighted by atomic mass is 9.87. The highest BCUT2D eigenvalue weighted by Gasteiger charge is 2.13. The Morgan fingerprint density at radius 3 is 1.90 bits per heavy atom. The van der Waals surface area contributed by atoms with Crippen LogP contribution in [0.1, 0.15) is 31.9 Å². The standard InChI is InChI=1S/C17H18F3N/c1-17(2,3)12-4-6-13(7-5-12)21-10-11-8-14(18)16(20)15(19)9-11/h4-9,21H,10H2,1-3H3. The normalized spacial score (nSPS) is 11.5. The van der Waals surface area contributed by atoms with E-state index in [1.807, 2.05) is 24.3 Å². The van der Waals surface area contributed by atoms with Crippen LogP contribution in [-0.2, 0) is 12.0 Å². The third-order valence-corrected chi connectivity index (χ3v) is 3.29. The van der Waals surface area contributed by atoms with Crippen molar-refractivity contribution in [3.63, 3.8) is 0 Å². The van der Waals surface area contributed by atoms with Gasteiger partial charge in [-0.2, -0.15) is 0 Å². The summed E-state index contributed by atoms with van der Waals surface area (Å²) in [6, 6.07) is 9.83. The molecule has 4 heteroatoms. The Balaban J connectivity index is 2.07. The Labute approximate surface area is 122 Å². The van der Waals surface area contributed by atoms with Gasteiger partial charge in [-0.1, -0.05) is 32.9 Å². The average molecular weight is 293 g/mol. The summed E-state index contributed by atoms with van der Waals surface area (Å²) in [6.45, 7) is 6.60. The fourth-order valence-electron chi connectivity index (χ4n) is 2.00. The molecule has 0 spiro atoms. The van der Waals surface area contributed by atoms with Crippen molar-refractivity contribution in [3.8, 4) is 0 Å². The molecule has 0 aliphatic carbocycles. The molecule has 0 unspecified atom stereocenters. The van der Waals surface area contributed by atoms with E-state index in [0.717, 1.165) is 17.8 Å². The fourth-order valence-corrected chi connectivity index (χ4v) is 2.00. The van der Waals surface area contributed by atoms with Crippen LogP contribution in [0.15, 0.2) is 36.4 Å². The predicted octanol–water partition coefficient (Wildman–Crippen LogP) is 5.01. The molecule has 1 nitrogen and oxygen atoms in total. The minimum absolute atomic E-state index is 0.0712. The molecule has 0 aromatic heterocycles. The Morgan fingerprint density at radius 2 is 1.43 bits per heavy atom. The zero-order valence-corrected chi connectivity index (χ0v) is 12.3. The molecular weight excluding hydrogens is 275 g/mol. The molecule has 0 atom stereocenters. The van der Waals surface area contributed by atoms with E-state index in [1.165, 1.54) is 5.56 Å². The number of rotatable bonds is 3. The molecule has 0 amide bonds. The molecule has 0 saturated carbocycles. The summed E-state index contributed by atoms with van der Waals surface area (Å²) in [5.41, 5.74) is 2.47. The van der Waals surface area contributed by atoms with Crippen molar-refractivity contribution in [2.24, 2.45) is 0 Å². The van der Waals surface area contributed by atoms with Crippen LogP contribution < -0.4 is 5.32 Å².